The maximum absolute atomic E-state index is 12.8. The zero-order valence-electron chi connectivity index (χ0n) is 21.4. The van der Waals surface area contributed by atoms with Gasteiger partial charge in [0.05, 0.1) is 19.8 Å². The number of esters is 3. The van der Waals surface area contributed by atoms with Crippen LogP contribution in [0.15, 0.2) is 78.9 Å². The third-order valence-electron chi connectivity index (χ3n) is 5.02. The predicted molar refractivity (Wildman–Crippen MR) is 135 cm³/mol. The molecular formula is C28H24O12. The van der Waals surface area contributed by atoms with E-state index in [1.165, 1.54) is 60.7 Å². The molecule has 0 fully saturated rings. The highest BCUT2D eigenvalue weighted by molar-refractivity contribution is 5.94. The molecule has 0 aliphatic heterocycles. The fourth-order valence-electron chi connectivity index (χ4n) is 3.11. The van der Waals surface area contributed by atoms with Crippen LogP contribution in [0, 0.1) is 0 Å². The molecule has 0 unspecified atom stereocenters. The standard InChI is InChI=1S/C28H24O12/c1-34-27(32)39-22-14-8-6-12-20(22)25(30)36-16-19(38-24(29)18-10-4-3-5-11-18)17-37-26(31)21-13-7-9-15-23(21)40-28(33)35-2/h3-15,19H,16-17H2,1-2H3. The maximum Gasteiger partial charge on any atom is 0.513 e. The molecule has 0 aromatic heterocycles. The first kappa shape index (κ1) is 29.2. The van der Waals surface area contributed by atoms with Crippen LogP contribution in [0.25, 0.3) is 0 Å². The van der Waals surface area contributed by atoms with Crippen molar-refractivity contribution in [1.82, 2.24) is 0 Å². The molecule has 0 atom stereocenters. The zero-order chi connectivity index (χ0) is 28.9. The monoisotopic (exact) mass is 552 g/mol. The SMILES string of the molecule is COC(=O)Oc1ccccc1C(=O)OCC(COC(=O)c1ccccc1OC(=O)OC)OC(=O)c1ccccc1. The smallest absolute Gasteiger partial charge is 0.458 e. The Hall–Kier alpha value is -5.39. The molecule has 12 heteroatoms. The molecule has 3 aromatic rings. The average Bonchev–Trinajstić information content (AvgIpc) is 2.98. The van der Waals surface area contributed by atoms with Crippen LogP contribution in [0.5, 0.6) is 11.5 Å². The van der Waals surface area contributed by atoms with Gasteiger partial charge in [-0.1, -0.05) is 42.5 Å². The summed E-state index contributed by atoms with van der Waals surface area (Å²) >= 11 is 0. The van der Waals surface area contributed by atoms with E-state index in [-0.39, 0.29) is 28.2 Å². The van der Waals surface area contributed by atoms with Gasteiger partial charge in [0, 0.05) is 0 Å². The molecule has 0 heterocycles. The highest BCUT2D eigenvalue weighted by Gasteiger charge is 2.24. The molecule has 3 aromatic carbocycles. The minimum absolute atomic E-state index is 0.105. The van der Waals surface area contributed by atoms with Crippen molar-refractivity contribution in [3.8, 4) is 11.5 Å². The Balaban J connectivity index is 1.73. The van der Waals surface area contributed by atoms with Crippen molar-refractivity contribution in [3.05, 3.63) is 95.6 Å². The summed E-state index contributed by atoms with van der Waals surface area (Å²) < 4.78 is 34.8. The lowest BCUT2D eigenvalue weighted by Crippen LogP contribution is -2.31. The molecule has 0 amide bonds. The molecule has 0 spiro atoms. The molecular weight excluding hydrogens is 528 g/mol. The van der Waals surface area contributed by atoms with E-state index >= 15 is 0 Å². The van der Waals surface area contributed by atoms with E-state index in [9.17, 15) is 24.0 Å². The second kappa shape index (κ2) is 14.5. The van der Waals surface area contributed by atoms with E-state index in [1.54, 1.807) is 18.2 Å². The molecule has 0 aliphatic carbocycles. The normalized spacial score (nSPS) is 10.2. The summed E-state index contributed by atoms with van der Waals surface area (Å²) in [4.78, 5) is 61.2. The summed E-state index contributed by atoms with van der Waals surface area (Å²) in [6.45, 7) is -1.06. The number of methoxy groups -OCH3 is 2. The highest BCUT2D eigenvalue weighted by Crippen LogP contribution is 2.21. The molecule has 40 heavy (non-hydrogen) atoms. The Morgan fingerprint density at radius 1 is 0.575 bits per heavy atom. The van der Waals surface area contributed by atoms with Gasteiger partial charge in [0.1, 0.15) is 35.8 Å². The molecule has 208 valence electrons. The molecule has 0 radical (unpaired) electrons. The van der Waals surface area contributed by atoms with Crippen LogP contribution < -0.4 is 9.47 Å². The van der Waals surface area contributed by atoms with Crippen LogP contribution in [0.1, 0.15) is 31.1 Å². The lowest BCUT2D eigenvalue weighted by Gasteiger charge is -2.19. The van der Waals surface area contributed by atoms with Gasteiger partial charge >= 0.3 is 30.2 Å². The average molecular weight is 552 g/mol. The van der Waals surface area contributed by atoms with Crippen molar-refractivity contribution in [2.45, 2.75) is 6.10 Å². The molecule has 0 saturated carbocycles. The number of carbonyl (C=O) groups is 5. The molecule has 0 aliphatic rings. The van der Waals surface area contributed by atoms with Gasteiger partial charge in [-0.3, -0.25) is 0 Å². The number of hydrogen-bond acceptors (Lipinski definition) is 12. The van der Waals surface area contributed by atoms with Crippen molar-refractivity contribution in [1.29, 1.82) is 0 Å². The van der Waals surface area contributed by atoms with Crippen LogP contribution >= 0.6 is 0 Å². The Morgan fingerprint density at radius 3 is 1.45 bits per heavy atom. The molecule has 0 saturated heterocycles. The third kappa shape index (κ3) is 8.31. The summed E-state index contributed by atoms with van der Waals surface area (Å²) in [5, 5.41) is 0. The summed E-state index contributed by atoms with van der Waals surface area (Å²) in [5.74, 6) is -2.83. The minimum atomic E-state index is -1.25. The summed E-state index contributed by atoms with van der Waals surface area (Å²) in [6.07, 6.45) is -3.33. The molecule has 0 bridgehead atoms. The van der Waals surface area contributed by atoms with Gasteiger partial charge in [-0.15, -0.1) is 0 Å². The fourth-order valence-corrected chi connectivity index (χ4v) is 3.11. The second-order valence-corrected chi connectivity index (χ2v) is 7.69. The zero-order valence-corrected chi connectivity index (χ0v) is 21.4. The number of hydrogen-bond donors (Lipinski definition) is 0. The first-order valence-electron chi connectivity index (χ1n) is 11.6. The van der Waals surface area contributed by atoms with E-state index in [1.807, 2.05) is 0 Å². The largest absolute Gasteiger partial charge is 0.513 e. The van der Waals surface area contributed by atoms with E-state index in [0.29, 0.717) is 0 Å². The van der Waals surface area contributed by atoms with Gasteiger partial charge in [-0.25, -0.2) is 24.0 Å². The van der Waals surface area contributed by atoms with Gasteiger partial charge in [0.15, 0.2) is 6.10 Å². The number of benzene rings is 3. The Morgan fingerprint density at radius 2 is 1.00 bits per heavy atom. The van der Waals surface area contributed by atoms with E-state index in [0.717, 1.165) is 14.2 Å². The lowest BCUT2D eigenvalue weighted by atomic mass is 10.2. The molecule has 3 rings (SSSR count). The van der Waals surface area contributed by atoms with Crippen LogP contribution in [-0.4, -0.2) is 63.8 Å². The van der Waals surface area contributed by atoms with Crippen molar-refractivity contribution in [2.75, 3.05) is 27.4 Å². The van der Waals surface area contributed by atoms with E-state index < -0.39 is 49.5 Å². The number of ether oxygens (including phenoxy) is 7. The fraction of sp³-hybridized carbons (Fsp3) is 0.179. The lowest BCUT2D eigenvalue weighted by molar-refractivity contribution is -0.0255. The highest BCUT2D eigenvalue weighted by atomic mass is 16.7. The Labute approximate surface area is 228 Å². The maximum atomic E-state index is 12.8. The van der Waals surface area contributed by atoms with Crippen molar-refractivity contribution in [2.24, 2.45) is 0 Å². The minimum Gasteiger partial charge on any atom is -0.458 e. The Bertz CT molecular complexity index is 1270. The van der Waals surface area contributed by atoms with Crippen molar-refractivity contribution < 1.29 is 57.1 Å². The number of carbonyl (C=O) groups excluding carboxylic acids is 5. The topological polar surface area (TPSA) is 150 Å². The summed E-state index contributed by atoms with van der Waals surface area (Å²) in [5.41, 5.74) is -0.00219. The van der Waals surface area contributed by atoms with Crippen molar-refractivity contribution >= 4 is 30.2 Å². The van der Waals surface area contributed by atoms with Gasteiger partial charge in [0.25, 0.3) is 0 Å². The van der Waals surface area contributed by atoms with Crippen LogP contribution in [-0.2, 0) is 23.7 Å². The Kier molecular flexibility index (Phi) is 10.6. The number of para-hydroxylation sites is 2. The summed E-state index contributed by atoms with van der Waals surface area (Å²) in [7, 11) is 2.21. The summed E-state index contributed by atoms with van der Waals surface area (Å²) in [6, 6.07) is 19.5. The first-order valence-corrected chi connectivity index (χ1v) is 11.6. The van der Waals surface area contributed by atoms with Gasteiger partial charge in [-0.2, -0.15) is 0 Å². The molecule has 0 N–H and O–H groups in total. The van der Waals surface area contributed by atoms with Gasteiger partial charge < -0.3 is 33.2 Å². The molecule has 12 nitrogen and oxygen atoms in total. The first-order chi connectivity index (χ1) is 19.3. The third-order valence-corrected chi connectivity index (χ3v) is 5.02. The van der Waals surface area contributed by atoms with Gasteiger partial charge in [0.2, 0.25) is 0 Å². The van der Waals surface area contributed by atoms with E-state index in [4.69, 9.17) is 23.7 Å². The van der Waals surface area contributed by atoms with Gasteiger partial charge in [-0.05, 0) is 36.4 Å². The number of rotatable bonds is 10. The predicted octanol–water partition coefficient (Wildman–Crippen LogP) is 4.22. The van der Waals surface area contributed by atoms with Crippen LogP contribution in [0.2, 0.25) is 0 Å². The second-order valence-electron chi connectivity index (χ2n) is 7.69. The quantitative estimate of drug-likeness (QED) is 0.201. The van der Waals surface area contributed by atoms with Crippen LogP contribution in [0.4, 0.5) is 9.59 Å². The van der Waals surface area contributed by atoms with Crippen LogP contribution in [0.3, 0.4) is 0 Å². The van der Waals surface area contributed by atoms with E-state index in [2.05, 4.69) is 9.47 Å². The van der Waals surface area contributed by atoms with Crippen molar-refractivity contribution in [3.63, 3.8) is 0 Å².